The van der Waals surface area contributed by atoms with Crippen LogP contribution >= 0.6 is 0 Å². The molecule has 1 aromatic carbocycles. The molecular formula is C15H21FN2O2Si. The van der Waals surface area contributed by atoms with Crippen LogP contribution in [0, 0.1) is 5.82 Å². The Morgan fingerprint density at radius 3 is 2.86 bits per heavy atom. The van der Waals surface area contributed by atoms with Crippen molar-refractivity contribution in [2.24, 2.45) is 0 Å². The molecule has 0 saturated carbocycles. The average molecular weight is 308 g/mol. The quantitative estimate of drug-likeness (QED) is 0.465. The standard InChI is InChI=1S/C15H21FN2O2Si/c1-21(2,3)7-6-19-10-18-15-12(8-17-18)11(14-9-20-14)4-5-13(15)16/h4-5,8,14H,6-7,9-10H2,1-3H3/t14-/m0/s1. The van der Waals surface area contributed by atoms with Gasteiger partial charge in [0, 0.05) is 20.1 Å². The van der Waals surface area contributed by atoms with Crippen LogP contribution in [0.1, 0.15) is 11.7 Å². The van der Waals surface area contributed by atoms with Crippen LogP contribution in [0.15, 0.2) is 18.3 Å². The number of nitrogens with zero attached hydrogens (tertiary/aromatic N) is 2. The fourth-order valence-electron chi connectivity index (χ4n) is 2.32. The van der Waals surface area contributed by atoms with E-state index in [4.69, 9.17) is 9.47 Å². The highest BCUT2D eigenvalue weighted by atomic mass is 28.3. The molecule has 0 aliphatic carbocycles. The molecule has 114 valence electrons. The summed E-state index contributed by atoms with van der Waals surface area (Å²) >= 11 is 0. The maximum Gasteiger partial charge on any atom is 0.149 e. The minimum atomic E-state index is -1.10. The van der Waals surface area contributed by atoms with Crippen LogP contribution in [0.25, 0.3) is 10.9 Å². The van der Waals surface area contributed by atoms with E-state index in [1.54, 1.807) is 16.9 Å². The summed E-state index contributed by atoms with van der Waals surface area (Å²) in [6.45, 7) is 8.62. The van der Waals surface area contributed by atoms with Crippen LogP contribution in [0.2, 0.25) is 25.7 Å². The lowest BCUT2D eigenvalue weighted by Crippen LogP contribution is -2.22. The van der Waals surface area contributed by atoms with Crippen LogP contribution in [0.5, 0.6) is 0 Å². The molecule has 1 saturated heterocycles. The second-order valence-electron chi connectivity index (χ2n) is 6.71. The third kappa shape index (κ3) is 3.33. The molecule has 1 aliphatic heterocycles. The molecule has 1 fully saturated rings. The number of fused-ring (bicyclic) bond motifs is 1. The first-order chi connectivity index (χ1) is 9.96. The molecule has 0 radical (unpaired) electrons. The predicted molar refractivity (Wildman–Crippen MR) is 82.5 cm³/mol. The summed E-state index contributed by atoms with van der Waals surface area (Å²) in [5.74, 6) is -0.263. The smallest absolute Gasteiger partial charge is 0.149 e. The van der Waals surface area contributed by atoms with E-state index in [2.05, 4.69) is 24.7 Å². The zero-order chi connectivity index (χ0) is 15.0. The van der Waals surface area contributed by atoms with Crippen molar-refractivity contribution in [1.82, 2.24) is 9.78 Å². The summed E-state index contributed by atoms with van der Waals surface area (Å²) < 4.78 is 26.7. The average Bonchev–Trinajstić information content (AvgIpc) is 3.14. The number of hydrogen-bond acceptors (Lipinski definition) is 3. The first-order valence-electron chi connectivity index (χ1n) is 7.29. The number of hydrogen-bond donors (Lipinski definition) is 0. The summed E-state index contributed by atoms with van der Waals surface area (Å²) in [6.07, 6.45) is 1.80. The third-order valence-corrected chi connectivity index (χ3v) is 5.38. The molecule has 0 unspecified atom stereocenters. The first kappa shape index (κ1) is 14.7. The van der Waals surface area contributed by atoms with Crippen molar-refractivity contribution in [1.29, 1.82) is 0 Å². The van der Waals surface area contributed by atoms with Crippen LogP contribution in [-0.4, -0.2) is 31.1 Å². The van der Waals surface area contributed by atoms with E-state index < -0.39 is 8.07 Å². The van der Waals surface area contributed by atoms with Crippen LogP contribution in [-0.2, 0) is 16.2 Å². The maximum atomic E-state index is 14.1. The van der Waals surface area contributed by atoms with Crippen molar-refractivity contribution >= 4 is 19.0 Å². The third-order valence-electron chi connectivity index (χ3n) is 3.68. The van der Waals surface area contributed by atoms with E-state index in [1.165, 1.54) is 6.07 Å². The number of benzene rings is 1. The molecule has 1 aliphatic rings. The highest BCUT2D eigenvalue weighted by Gasteiger charge is 2.28. The Hall–Kier alpha value is -1.24. The van der Waals surface area contributed by atoms with Gasteiger partial charge in [0.1, 0.15) is 24.2 Å². The Morgan fingerprint density at radius 1 is 1.43 bits per heavy atom. The lowest BCUT2D eigenvalue weighted by molar-refractivity contribution is 0.0813. The van der Waals surface area contributed by atoms with Gasteiger partial charge in [0.25, 0.3) is 0 Å². The summed E-state index contributed by atoms with van der Waals surface area (Å²) in [5, 5.41) is 5.09. The van der Waals surface area contributed by atoms with E-state index in [-0.39, 0.29) is 11.9 Å². The molecule has 2 heterocycles. The molecule has 2 aromatic rings. The zero-order valence-corrected chi connectivity index (χ0v) is 13.7. The summed E-state index contributed by atoms with van der Waals surface area (Å²) in [4.78, 5) is 0. The van der Waals surface area contributed by atoms with Crippen molar-refractivity contribution in [3.05, 3.63) is 29.7 Å². The van der Waals surface area contributed by atoms with Gasteiger partial charge in [-0.05, 0) is 17.7 Å². The number of ether oxygens (including phenoxy) is 2. The van der Waals surface area contributed by atoms with Crippen molar-refractivity contribution in [3.8, 4) is 0 Å². The Kier molecular flexibility index (Phi) is 3.85. The van der Waals surface area contributed by atoms with Crippen molar-refractivity contribution < 1.29 is 13.9 Å². The largest absolute Gasteiger partial charge is 0.368 e. The monoisotopic (exact) mass is 308 g/mol. The predicted octanol–water partition coefficient (Wildman–Crippen LogP) is 3.56. The Morgan fingerprint density at radius 2 is 2.19 bits per heavy atom. The van der Waals surface area contributed by atoms with Crippen molar-refractivity contribution in [2.75, 3.05) is 13.2 Å². The van der Waals surface area contributed by atoms with E-state index in [9.17, 15) is 4.39 Å². The summed E-state index contributed by atoms with van der Waals surface area (Å²) in [7, 11) is -1.10. The second-order valence-corrected chi connectivity index (χ2v) is 12.3. The SMILES string of the molecule is C[Si](C)(C)CCOCn1ncc2c([C@@H]3CO3)ccc(F)c21. The Balaban J connectivity index is 1.75. The zero-order valence-electron chi connectivity index (χ0n) is 12.7. The van der Waals surface area contributed by atoms with E-state index >= 15 is 0 Å². The normalized spacial score (nSPS) is 18.4. The van der Waals surface area contributed by atoms with Gasteiger partial charge in [-0.2, -0.15) is 5.10 Å². The second kappa shape index (κ2) is 5.51. The molecule has 6 heteroatoms. The van der Waals surface area contributed by atoms with E-state index in [0.717, 1.165) is 17.0 Å². The highest BCUT2D eigenvalue weighted by molar-refractivity contribution is 6.76. The molecular weight excluding hydrogens is 287 g/mol. The van der Waals surface area contributed by atoms with Crippen molar-refractivity contribution in [2.45, 2.75) is 38.5 Å². The Bertz CT molecular complexity index is 647. The van der Waals surface area contributed by atoms with Gasteiger partial charge in [-0.15, -0.1) is 0 Å². The molecule has 0 amide bonds. The van der Waals surface area contributed by atoms with Gasteiger partial charge in [-0.25, -0.2) is 9.07 Å². The summed E-state index contributed by atoms with van der Waals surface area (Å²) in [5.41, 5.74) is 1.52. The molecule has 1 aromatic heterocycles. The number of rotatable bonds is 6. The molecule has 1 atom stereocenters. The minimum absolute atomic E-state index is 0.0959. The molecule has 4 nitrogen and oxygen atoms in total. The van der Waals surface area contributed by atoms with E-state index in [0.29, 0.717) is 25.5 Å². The lowest BCUT2D eigenvalue weighted by atomic mass is 10.1. The first-order valence-corrected chi connectivity index (χ1v) is 11.0. The lowest BCUT2D eigenvalue weighted by Gasteiger charge is -2.15. The van der Waals surface area contributed by atoms with Gasteiger partial charge in [-0.1, -0.05) is 25.7 Å². The number of halogens is 1. The summed E-state index contributed by atoms with van der Waals surface area (Å²) in [6, 6.07) is 4.36. The van der Waals surface area contributed by atoms with E-state index in [1.807, 2.05) is 0 Å². The van der Waals surface area contributed by atoms with Gasteiger partial charge < -0.3 is 9.47 Å². The maximum absolute atomic E-state index is 14.1. The van der Waals surface area contributed by atoms with Gasteiger partial charge in [0.15, 0.2) is 0 Å². The molecule has 3 rings (SSSR count). The molecule has 0 N–H and O–H groups in total. The molecule has 0 bridgehead atoms. The molecule has 0 spiro atoms. The fraction of sp³-hybridized carbons (Fsp3) is 0.533. The van der Waals surface area contributed by atoms with Crippen molar-refractivity contribution in [3.63, 3.8) is 0 Å². The van der Waals surface area contributed by atoms with Gasteiger partial charge in [0.2, 0.25) is 0 Å². The molecule has 21 heavy (non-hydrogen) atoms. The van der Waals surface area contributed by atoms with Gasteiger partial charge in [0.05, 0.1) is 12.8 Å². The van der Waals surface area contributed by atoms with Crippen LogP contribution < -0.4 is 0 Å². The van der Waals surface area contributed by atoms with Gasteiger partial charge >= 0.3 is 0 Å². The number of epoxide rings is 1. The van der Waals surface area contributed by atoms with Crippen LogP contribution in [0.3, 0.4) is 0 Å². The Labute approximate surface area is 124 Å². The van der Waals surface area contributed by atoms with Gasteiger partial charge in [-0.3, -0.25) is 0 Å². The topological polar surface area (TPSA) is 39.6 Å². The van der Waals surface area contributed by atoms with Crippen LogP contribution in [0.4, 0.5) is 4.39 Å². The minimum Gasteiger partial charge on any atom is -0.368 e. The highest BCUT2D eigenvalue weighted by Crippen LogP contribution is 2.35. The fourth-order valence-corrected chi connectivity index (χ4v) is 3.07. The number of aromatic nitrogens is 2.